The Hall–Kier alpha value is -1.63. The second kappa shape index (κ2) is 4.93. The molecule has 1 aliphatic rings. The van der Waals surface area contributed by atoms with E-state index in [4.69, 9.17) is 5.26 Å². The van der Waals surface area contributed by atoms with E-state index in [9.17, 15) is 0 Å². The highest BCUT2D eigenvalue weighted by Crippen LogP contribution is 2.24. The topological polar surface area (TPSA) is 52.8 Å². The normalized spacial score (nSPS) is 20.5. The molecule has 0 N–H and O–H groups in total. The molecular weight excluding hydrogens is 200 g/mol. The number of hydrogen-bond donors (Lipinski definition) is 0. The van der Waals surface area contributed by atoms with E-state index in [0.717, 1.165) is 24.5 Å². The Morgan fingerprint density at radius 3 is 3.00 bits per heavy atom. The van der Waals surface area contributed by atoms with Crippen LogP contribution in [0.4, 0.5) is 5.82 Å². The third-order valence-corrected chi connectivity index (χ3v) is 3.03. The summed E-state index contributed by atoms with van der Waals surface area (Å²) >= 11 is 0. The number of hydrogen-bond acceptors (Lipinski definition) is 4. The van der Waals surface area contributed by atoms with Crippen molar-refractivity contribution >= 4 is 5.82 Å². The molecule has 0 saturated carbocycles. The lowest BCUT2D eigenvalue weighted by Gasteiger charge is -2.35. The third-order valence-electron chi connectivity index (χ3n) is 3.03. The second-order valence-corrected chi connectivity index (χ2v) is 4.24. The number of rotatable bonds is 2. The molecule has 4 heteroatoms. The largest absolute Gasteiger partial charge is 0.351 e. The van der Waals surface area contributed by atoms with E-state index in [2.05, 4.69) is 21.2 Å². The number of aromatic nitrogens is 2. The van der Waals surface area contributed by atoms with Gasteiger partial charge < -0.3 is 4.90 Å². The predicted molar refractivity (Wildman–Crippen MR) is 62.0 cm³/mol. The number of nitrogens with zero attached hydrogens (tertiary/aromatic N) is 4. The van der Waals surface area contributed by atoms with Crippen molar-refractivity contribution in [2.24, 2.45) is 0 Å². The molecule has 1 aromatic rings. The standard InChI is InChI=1S/C12H16N4/c1-10-5-6-12(15-14-10)16-9-3-2-4-11(16)7-8-13/h5-6,11H,2-4,7,9H2,1H3. The minimum Gasteiger partial charge on any atom is -0.351 e. The van der Waals surface area contributed by atoms with Gasteiger partial charge in [0.15, 0.2) is 5.82 Å². The van der Waals surface area contributed by atoms with Gasteiger partial charge in [-0.15, -0.1) is 5.10 Å². The summed E-state index contributed by atoms with van der Waals surface area (Å²) in [6.45, 7) is 2.92. The van der Waals surface area contributed by atoms with Gasteiger partial charge in [0.05, 0.1) is 18.2 Å². The summed E-state index contributed by atoms with van der Waals surface area (Å²) in [6.07, 6.45) is 4.05. The van der Waals surface area contributed by atoms with E-state index in [1.54, 1.807) is 0 Å². The van der Waals surface area contributed by atoms with Crippen LogP contribution in [0.15, 0.2) is 12.1 Å². The first kappa shape index (κ1) is 10.9. The fourth-order valence-corrected chi connectivity index (χ4v) is 2.16. The van der Waals surface area contributed by atoms with E-state index in [-0.39, 0.29) is 0 Å². The molecule has 0 amide bonds. The summed E-state index contributed by atoms with van der Waals surface area (Å²) in [4.78, 5) is 2.22. The molecule has 0 spiro atoms. The maximum atomic E-state index is 8.81. The fourth-order valence-electron chi connectivity index (χ4n) is 2.16. The van der Waals surface area contributed by atoms with Crippen LogP contribution in [0.5, 0.6) is 0 Å². The molecule has 2 rings (SSSR count). The van der Waals surface area contributed by atoms with Crippen LogP contribution in [0.25, 0.3) is 0 Å². The van der Waals surface area contributed by atoms with Crippen molar-refractivity contribution in [3.8, 4) is 6.07 Å². The smallest absolute Gasteiger partial charge is 0.151 e. The number of nitriles is 1. The summed E-state index contributed by atoms with van der Waals surface area (Å²) < 4.78 is 0. The van der Waals surface area contributed by atoms with Crippen LogP contribution in [0.3, 0.4) is 0 Å². The number of anilines is 1. The van der Waals surface area contributed by atoms with Gasteiger partial charge in [-0.25, -0.2) is 0 Å². The van der Waals surface area contributed by atoms with Crippen molar-refractivity contribution in [2.45, 2.75) is 38.6 Å². The highest BCUT2D eigenvalue weighted by molar-refractivity contribution is 5.39. The van der Waals surface area contributed by atoms with Crippen LogP contribution in [0.2, 0.25) is 0 Å². The maximum absolute atomic E-state index is 8.81. The van der Waals surface area contributed by atoms with Crippen LogP contribution in [0.1, 0.15) is 31.4 Å². The van der Waals surface area contributed by atoms with Crippen molar-refractivity contribution in [3.63, 3.8) is 0 Å². The molecule has 0 bridgehead atoms. The lowest BCUT2D eigenvalue weighted by atomic mass is 10.00. The Labute approximate surface area is 95.9 Å². The summed E-state index contributed by atoms with van der Waals surface area (Å²) in [5, 5.41) is 17.1. The van der Waals surface area contributed by atoms with Crippen LogP contribution in [-0.2, 0) is 0 Å². The molecule has 4 nitrogen and oxygen atoms in total. The average molecular weight is 216 g/mol. The summed E-state index contributed by atoms with van der Waals surface area (Å²) in [5.41, 5.74) is 0.928. The van der Waals surface area contributed by atoms with Crippen molar-refractivity contribution in [1.82, 2.24) is 10.2 Å². The highest BCUT2D eigenvalue weighted by Gasteiger charge is 2.23. The Kier molecular flexibility index (Phi) is 3.35. The van der Waals surface area contributed by atoms with Gasteiger partial charge >= 0.3 is 0 Å². The van der Waals surface area contributed by atoms with Crippen molar-refractivity contribution in [2.75, 3.05) is 11.4 Å². The Bertz CT molecular complexity index is 379. The van der Waals surface area contributed by atoms with Crippen molar-refractivity contribution < 1.29 is 0 Å². The molecule has 1 aliphatic heterocycles. The van der Waals surface area contributed by atoms with E-state index in [1.807, 2.05) is 19.1 Å². The predicted octanol–water partition coefficient (Wildman–Crippen LogP) is 2.06. The maximum Gasteiger partial charge on any atom is 0.151 e. The Balaban J connectivity index is 2.16. The zero-order chi connectivity index (χ0) is 11.4. The molecule has 1 aromatic heterocycles. The minimum absolute atomic E-state index is 0.316. The Morgan fingerprint density at radius 2 is 2.31 bits per heavy atom. The van der Waals surface area contributed by atoms with E-state index in [1.165, 1.54) is 12.8 Å². The molecule has 1 fully saturated rings. The van der Waals surface area contributed by atoms with Crippen LogP contribution in [-0.4, -0.2) is 22.8 Å². The van der Waals surface area contributed by atoms with E-state index in [0.29, 0.717) is 12.5 Å². The van der Waals surface area contributed by atoms with E-state index >= 15 is 0 Å². The van der Waals surface area contributed by atoms with Gasteiger partial charge in [0.25, 0.3) is 0 Å². The summed E-state index contributed by atoms with van der Waals surface area (Å²) in [5.74, 6) is 0.908. The third kappa shape index (κ3) is 2.30. The molecule has 2 heterocycles. The fraction of sp³-hybridized carbons (Fsp3) is 0.583. The first-order valence-corrected chi connectivity index (χ1v) is 5.75. The SMILES string of the molecule is Cc1ccc(N2CCCCC2CC#N)nn1. The molecule has 1 atom stereocenters. The molecule has 0 radical (unpaired) electrons. The lowest BCUT2D eigenvalue weighted by Crippen LogP contribution is -2.40. The summed E-state index contributed by atoms with van der Waals surface area (Å²) in [6, 6.07) is 6.54. The number of piperidine rings is 1. The van der Waals surface area contributed by atoms with Gasteiger partial charge in [-0.05, 0) is 38.3 Å². The first-order chi connectivity index (χ1) is 7.81. The van der Waals surface area contributed by atoms with E-state index < -0.39 is 0 Å². The molecule has 0 aromatic carbocycles. The Morgan fingerprint density at radius 1 is 1.44 bits per heavy atom. The first-order valence-electron chi connectivity index (χ1n) is 5.75. The molecule has 1 saturated heterocycles. The zero-order valence-electron chi connectivity index (χ0n) is 9.56. The minimum atomic E-state index is 0.316. The second-order valence-electron chi connectivity index (χ2n) is 4.24. The van der Waals surface area contributed by atoms with Crippen molar-refractivity contribution in [3.05, 3.63) is 17.8 Å². The van der Waals surface area contributed by atoms with Crippen molar-refractivity contribution in [1.29, 1.82) is 5.26 Å². The molecule has 1 unspecified atom stereocenters. The molecule has 84 valence electrons. The lowest BCUT2D eigenvalue weighted by molar-refractivity contribution is 0.460. The van der Waals surface area contributed by atoms with Gasteiger partial charge in [0.2, 0.25) is 0 Å². The quantitative estimate of drug-likeness (QED) is 0.759. The monoisotopic (exact) mass is 216 g/mol. The van der Waals surface area contributed by atoms with Crippen LogP contribution < -0.4 is 4.90 Å². The highest BCUT2D eigenvalue weighted by atomic mass is 15.3. The van der Waals surface area contributed by atoms with Gasteiger partial charge in [-0.2, -0.15) is 10.4 Å². The molecule has 0 aliphatic carbocycles. The molecular formula is C12H16N4. The van der Waals surface area contributed by atoms with Gasteiger partial charge in [0, 0.05) is 12.6 Å². The zero-order valence-corrected chi connectivity index (χ0v) is 9.56. The number of aryl methyl sites for hydroxylation is 1. The van der Waals surface area contributed by atoms with Crippen LogP contribution >= 0.6 is 0 Å². The summed E-state index contributed by atoms with van der Waals surface area (Å²) in [7, 11) is 0. The van der Waals surface area contributed by atoms with Gasteiger partial charge in [-0.1, -0.05) is 0 Å². The van der Waals surface area contributed by atoms with Gasteiger partial charge in [0.1, 0.15) is 0 Å². The molecule has 16 heavy (non-hydrogen) atoms. The van der Waals surface area contributed by atoms with Gasteiger partial charge in [-0.3, -0.25) is 0 Å². The average Bonchev–Trinajstić information content (AvgIpc) is 2.32. The van der Waals surface area contributed by atoms with Crippen LogP contribution in [0, 0.1) is 18.3 Å².